The first-order valence-electron chi connectivity index (χ1n) is 10.1. The molecule has 1 unspecified atom stereocenters. The zero-order chi connectivity index (χ0) is 21.8. The monoisotopic (exact) mass is 413 g/mol. The van der Waals surface area contributed by atoms with E-state index in [4.69, 9.17) is 4.74 Å². The number of ketones is 1. The fourth-order valence-electron chi connectivity index (χ4n) is 3.91. The fraction of sp³-hybridized carbons (Fsp3) is 0.154. The highest BCUT2D eigenvalue weighted by atomic mass is 16.5. The maximum absolute atomic E-state index is 13.0. The van der Waals surface area contributed by atoms with Gasteiger partial charge in [0.15, 0.2) is 0 Å². The summed E-state index contributed by atoms with van der Waals surface area (Å²) in [6, 6.07) is 25.3. The fourth-order valence-corrected chi connectivity index (χ4v) is 3.91. The van der Waals surface area contributed by atoms with Gasteiger partial charge in [-0.2, -0.15) is 0 Å². The molecule has 0 spiro atoms. The van der Waals surface area contributed by atoms with Gasteiger partial charge in [0.2, 0.25) is 0 Å². The van der Waals surface area contributed by atoms with Crippen LogP contribution in [0.15, 0.2) is 90.5 Å². The molecule has 1 amide bonds. The Morgan fingerprint density at radius 1 is 0.935 bits per heavy atom. The molecule has 0 radical (unpaired) electrons. The van der Waals surface area contributed by atoms with Crippen LogP contribution in [0, 0.1) is 0 Å². The van der Waals surface area contributed by atoms with Gasteiger partial charge in [0.25, 0.3) is 11.7 Å². The van der Waals surface area contributed by atoms with E-state index in [1.165, 1.54) is 7.11 Å². The number of nitrogens with zero attached hydrogens (tertiary/aromatic N) is 1. The molecule has 1 aliphatic rings. The summed E-state index contributed by atoms with van der Waals surface area (Å²) in [5.41, 5.74) is 2.38. The molecule has 5 heteroatoms. The van der Waals surface area contributed by atoms with Crippen molar-refractivity contribution in [3.05, 3.63) is 107 Å². The van der Waals surface area contributed by atoms with Crippen LogP contribution in [-0.4, -0.2) is 35.4 Å². The Labute approximate surface area is 181 Å². The van der Waals surface area contributed by atoms with Crippen molar-refractivity contribution in [1.29, 1.82) is 0 Å². The lowest BCUT2D eigenvalue weighted by atomic mass is 9.95. The summed E-state index contributed by atoms with van der Waals surface area (Å²) in [4.78, 5) is 27.6. The predicted molar refractivity (Wildman–Crippen MR) is 119 cm³/mol. The molecule has 0 aliphatic carbocycles. The second kappa shape index (κ2) is 8.88. The summed E-state index contributed by atoms with van der Waals surface area (Å²) in [5.74, 6) is -0.927. The number of likely N-dealkylation sites (tertiary alicyclic amines) is 1. The van der Waals surface area contributed by atoms with E-state index >= 15 is 0 Å². The maximum atomic E-state index is 13.0. The van der Waals surface area contributed by atoms with Crippen molar-refractivity contribution in [2.45, 2.75) is 12.5 Å². The van der Waals surface area contributed by atoms with Gasteiger partial charge in [0.1, 0.15) is 11.5 Å². The summed E-state index contributed by atoms with van der Waals surface area (Å²) in [5, 5.41) is 11.1. The van der Waals surface area contributed by atoms with E-state index in [9.17, 15) is 14.7 Å². The molecule has 1 heterocycles. The molecule has 0 bridgehead atoms. The van der Waals surface area contributed by atoms with Crippen molar-refractivity contribution in [2.24, 2.45) is 0 Å². The molecule has 1 atom stereocenters. The quantitative estimate of drug-likeness (QED) is 0.370. The van der Waals surface area contributed by atoms with Gasteiger partial charge in [-0.25, -0.2) is 0 Å². The lowest BCUT2D eigenvalue weighted by Crippen LogP contribution is -2.31. The molecule has 1 aliphatic heterocycles. The average molecular weight is 413 g/mol. The normalized spacial score (nSPS) is 17.7. The van der Waals surface area contributed by atoms with Gasteiger partial charge in [0.05, 0.1) is 18.7 Å². The van der Waals surface area contributed by atoms with Crippen LogP contribution in [0.5, 0.6) is 5.75 Å². The number of benzene rings is 3. The number of Topliss-reactive ketones (excluding diaryl/α,β-unsaturated/α-hetero) is 1. The predicted octanol–water partition coefficient (Wildman–Crippen LogP) is 4.36. The van der Waals surface area contributed by atoms with E-state index in [-0.39, 0.29) is 11.3 Å². The number of rotatable bonds is 6. The van der Waals surface area contributed by atoms with Crippen LogP contribution in [0.4, 0.5) is 0 Å². The van der Waals surface area contributed by atoms with Gasteiger partial charge < -0.3 is 14.7 Å². The van der Waals surface area contributed by atoms with Crippen LogP contribution in [0.25, 0.3) is 5.76 Å². The minimum absolute atomic E-state index is 0.0949. The summed E-state index contributed by atoms with van der Waals surface area (Å²) in [6.07, 6.45) is 0.608. The molecule has 156 valence electrons. The van der Waals surface area contributed by atoms with Crippen LogP contribution in [-0.2, 0) is 16.0 Å². The Kier molecular flexibility index (Phi) is 5.85. The number of aliphatic hydroxyl groups excluding tert-OH is 1. The zero-order valence-corrected chi connectivity index (χ0v) is 17.2. The highest BCUT2D eigenvalue weighted by Gasteiger charge is 2.45. The molecule has 0 saturated carbocycles. The van der Waals surface area contributed by atoms with E-state index in [0.29, 0.717) is 24.3 Å². The summed E-state index contributed by atoms with van der Waals surface area (Å²) < 4.78 is 5.24. The van der Waals surface area contributed by atoms with Gasteiger partial charge in [-0.1, -0.05) is 72.8 Å². The van der Waals surface area contributed by atoms with Gasteiger partial charge in [-0.05, 0) is 29.7 Å². The lowest BCUT2D eigenvalue weighted by molar-refractivity contribution is -0.139. The van der Waals surface area contributed by atoms with E-state index in [1.807, 2.05) is 60.7 Å². The van der Waals surface area contributed by atoms with Crippen molar-refractivity contribution < 1.29 is 19.4 Å². The molecule has 3 aromatic carbocycles. The van der Waals surface area contributed by atoms with E-state index < -0.39 is 17.7 Å². The number of carbonyl (C=O) groups is 2. The van der Waals surface area contributed by atoms with Crippen molar-refractivity contribution in [3.8, 4) is 5.75 Å². The second-order valence-corrected chi connectivity index (χ2v) is 7.37. The van der Waals surface area contributed by atoms with Crippen LogP contribution < -0.4 is 4.74 Å². The van der Waals surface area contributed by atoms with Crippen molar-refractivity contribution in [3.63, 3.8) is 0 Å². The van der Waals surface area contributed by atoms with E-state index in [2.05, 4.69) is 0 Å². The van der Waals surface area contributed by atoms with Crippen molar-refractivity contribution in [2.75, 3.05) is 13.7 Å². The van der Waals surface area contributed by atoms with Crippen LogP contribution in [0.3, 0.4) is 0 Å². The molecule has 4 rings (SSSR count). The molecular formula is C26H23NO4. The third-order valence-corrected chi connectivity index (χ3v) is 5.48. The second-order valence-electron chi connectivity index (χ2n) is 7.37. The molecule has 1 N–H and O–H groups in total. The Balaban J connectivity index is 1.78. The van der Waals surface area contributed by atoms with Crippen molar-refractivity contribution in [1.82, 2.24) is 4.90 Å². The standard InChI is InChI=1S/C26H23NO4/c1-31-21-14-8-13-20(17-21)24(28)22-23(19-11-6-3-7-12-19)27(26(30)25(22)29)16-15-18-9-4-2-5-10-18/h2-14,17,23,28H,15-16H2,1H3/b24-22+. The number of carbonyl (C=O) groups excluding carboxylic acids is 2. The third-order valence-electron chi connectivity index (χ3n) is 5.48. The van der Waals surface area contributed by atoms with Gasteiger partial charge >= 0.3 is 0 Å². The zero-order valence-electron chi connectivity index (χ0n) is 17.2. The number of hydrogen-bond acceptors (Lipinski definition) is 4. The largest absolute Gasteiger partial charge is 0.507 e. The lowest BCUT2D eigenvalue weighted by Gasteiger charge is -2.25. The first kappa shape index (κ1) is 20.4. The van der Waals surface area contributed by atoms with Gasteiger partial charge in [-0.15, -0.1) is 0 Å². The van der Waals surface area contributed by atoms with Gasteiger partial charge in [0, 0.05) is 12.1 Å². The SMILES string of the molecule is COc1cccc(/C(O)=C2\C(=O)C(=O)N(CCc3ccccc3)C2c2ccccc2)c1. The Morgan fingerprint density at radius 3 is 2.29 bits per heavy atom. The number of aliphatic hydroxyl groups is 1. The molecule has 0 aromatic heterocycles. The molecule has 1 fully saturated rings. The number of ether oxygens (including phenoxy) is 1. The number of amides is 1. The minimum Gasteiger partial charge on any atom is -0.507 e. The van der Waals surface area contributed by atoms with E-state index in [1.54, 1.807) is 29.2 Å². The number of methoxy groups -OCH3 is 1. The minimum atomic E-state index is -0.678. The summed E-state index contributed by atoms with van der Waals surface area (Å²) in [6.45, 7) is 0.364. The first-order valence-corrected chi connectivity index (χ1v) is 10.1. The van der Waals surface area contributed by atoms with Crippen LogP contribution >= 0.6 is 0 Å². The summed E-state index contributed by atoms with van der Waals surface area (Å²) in [7, 11) is 1.53. The number of hydrogen-bond donors (Lipinski definition) is 1. The highest BCUT2D eigenvalue weighted by molar-refractivity contribution is 6.46. The third kappa shape index (κ3) is 4.08. The average Bonchev–Trinajstić information content (AvgIpc) is 3.08. The van der Waals surface area contributed by atoms with E-state index in [0.717, 1.165) is 11.1 Å². The molecule has 5 nitrogen and oxygen atoms in total. The Hall–Kier alpha value is -3.86. The van der Waals surface area contributed by atoms with Crippen molar-refractivity contribution >= 4 is 17.4 Å². The molecule has 3 aromatic rings. The van der Waals surface area contributed by atoms with Crippen LogP contribution in [0.1, 0.15) is 22.7 Å². The smallest absolute Gasteiger partial charge is 0.295 e. The maximum Gasteiger partial charge on any atom is 0.295 e. The molecule has 31 heavy (non-hydrogen) atoms. The Morgan fingerprint density at radius 2 is 1.61 bits per heavy atom. The van der Waals surface area contributed by atoms with Crippen LogP contribution in [0.2, 0.25) is 0 Å². The molecular weight excluding hydrogens is 390 g/mol. The first-order chi connectivity index (χ1) is 15.1. The Bertz CT molecular complexity index is 1120. The topological polar surface area (TPSA) is 66.8 Å². The summed E-state index contributed by atoms with van der Waals surface area (Å²) >= 11 is 0. The molecule has 1 saturated heterocycles. The highest BCUT2D eigenvalue weighted by Crippen LogP contribution is 2.39. The van der Waals surface area contributed by atoms with Gasteiger partial charge in [-0.3, -0.25) is 9.59 Å².